The van der Waals surface area contributed by atoms with Crippen molar-refractivity contribution in [3.8, 4) is 5.75 Å². The van der Waals surface area contributed by atoms with Gasteiger partial charge in [-0.05, 0) is 75.2 Å². The quantitative estimate of drug-likeness (QED) is 0.642. The third-order valence-electron chi connectivity index (χ3n) is 4.35. The van der Waals surface area contributed by atoms with Crippen LogP contribution in [0.4, 0.5) is 0 Å². The van der Waals surface area contributed by atoms with Crippen molar-refractivity contribution in [1.29, 1.82) is 0 Å². The summed E-state index contributed by atoms with van der Waals surface area (Å²) in [5, 5.41) is 3.76. The summed E-state index contributed by atoms with van der Waals surface area (Å²) in [4.78, 5) is 0. The van der Waals surface area contributed by atoms with Gasteiger partial charge in [-0.25, -0.2) is 0 Å². The molecule has 0 aliphatic heterocycles. The molecule has 1 aliphatic rings. The lowest BCUT2D eigenvalue weighted by atomic mass is 9.83. The highest BCUT2D eigenvalue weighted by atomic mass is 79.9. The Morgan fingerprint density at radius 3 is 2.43 bits per heavy atom. The molecule has 0 radical (unpaired) electrons. The zero-order chi connectivity index (χ0) is 15.2. The van der Waals surface area contributed by atoms with Crippen LogP contribution < -0.4 is 10.1 Å². The summed E-state index contributed by atoms with van der Waals surface area (Å²) < 4.78 is 7.68. The minimum atomic E-state index is 0.674. The van der Waals surface area contributed by atoms with E-state index in [1.807, 2.05) is 6.92 Å². The fourth-order valence-corrected chi connectivity index (χ4v) is 4.72. The lowest BCUT2D eigenvalue weighted by Crippen LogP contribution is -2.37. The average molecular weight is 419 g/mol. The lowest BCUT2D eigenvalue weighted by Gasteiger charge is -2.31. The van der Waals surface area contributed by atoms with Crippen LogP contribution in [0.3, 0.4) is 0 Å². The van der Waals surface area contributed by atoms with Gasteiger partial charge in [0.25, 0.3) is 0 Å². The van der Waals surface area contributed by atoms with Crippen molar-refractivity contribution >= 4 is 31.9 Å². The van der Waals surface area contributed by atoms with E-state index in [1.165, 1.54) is 37.7 Å². The van der Waals surface area contributed by atoms with Gasteiger partial charge in [0.1, 0.15) is 5.75 Å². The van der Waals surface area contributed by atoms with Crippen molar-refractivity contribution < 1.29 is 4.74 Å². The number of ether oxygens (including phenoxy) is 1. The summed E-state index contributed by atoms with van der Waals surface area (Å²) in [7, 11) is 0. The highest BCUT2D eigenvalue weighted by molar-refractivity contribution is 9.11. The number of hydrogen-bond acceptors (Lipinski definition) is 2. The van der Waals surface area contributed by atoms with Crippen LogP contribution in [0.2, 0.25) is 0 Å². The average Bonchev–Trinajstić information content (AvgIpc) is 2.49. The molecule has 0 saturated heterocycles. The van der Waals surface area contributed by atoms with E-state index in [1.54, 1.807) is 0 Å². The molecule has 2 rings (SSSR count). The van der Waals surface area contributed by atoms with Gasteiger partial charge in [-0.15, -0.1) is 0 Å². The molecule has 1 aromatic carbocycles. The molecule has 0 heterocycles. The summed E-state index contributed by atoms with van der Waals surface area (Å²) in [6.45, 7) is 5.91. The summed E-state index contributed by atoms with van der Waals surface area (Å²) in [5.41, 5.74) is 1.29. The van der Waals surface area contributed by atoms with E-state index in [0.717, 1.165) is 27.2 Å². The van der Waals surface area contributed by atoms with Gasteiger partial charge >= 0.3 is 0 Å². The zero-order valence-electron chi connectivity index (χ0n) is 12.9. The first-order chi connectivity index (χ1) is 10.2. The monoisotopic (exact) mass is 417 g/mol. The van der Waals surface area contributed by atoms with Gasteiger partial charge in [0.2, 0.25) is 0 Å². The van der Waals surface area contributed by atoms with Crippen molar-refractivity contribution in [2.24, 2.45) is 5.92 Å². The summed E-state index contributed by atoms with van der Waals surface area (Å²) in [6, 6.07) is 4.99. The van der Waals surface area contributed by atoms with E-state index in [9.17, 15) is 0 Å². The summed E-state index contributed by atoms with van der Waals surface area (Å²) in [5.74, 6) is 1.73. The molecule has 1 fully saturated rings. The highest BCUT2D eigenvalue weighted by Crippen LogP contribution is 2.35. The van der Waals surface area contributed by atoms with E-state index in [-0.39, 0.29) is 0 Å². The van der Waals surface area contributed by atoms with Crippen molar-refractivity contribution in [3.63, 3.8) is 0 Å². The van der Waals surface area contributed by atoms with Crippen LogP contribution in [0.25, 0.3) is 0 Å². The molecular formula is C17H25Br2NO. The molecule has 0 spiro atoms. The van der Waals surface area contributed by atoms with Crippen molar-refractivity contribution in [2.45, 2.75) is 58.5 Å². The van der Waals surface area contributed by atoms with Gasteiger partial charge < -0.3 is 10.1 Å². The topological polar surface area (TPSA) is 21.3 Å². The molecule has 2 atom stereocenters. The molecule has 1 saturated carbocycles. The van der Waals surface area contributed by atoms with Crippen LogP contribution in [0.15, 0.2) is 21.1 Å². The van der Waals surface area contributed by atoms with E-state index >= 15 is 0 Å². The smallest absolute Gasteiger partial charge is 0.147 e. The van der Waals surface area contributed by atoms with E-state index < -0.39 is 0 Å². The minimum Gasteiger partial charge on any atom is -0.492 e. The Hall–Kier alpha value is -0.0600. The fourth-order valence-electron chi connectivity index (χ4n) is 3.21. The van der Waals surface area contributed by atoms with Crippen LogP contribution in [-0.2, 0) is 6.54 Å². The molecule has 1 aliphatic carbocycles. The molecule has 4 heteroatoms. The van der Waals surface area contributed by atoms with E-state index in [4.69, 9.17) is 4.74 Å². The van der Waals surface area contributed by atoms with Crippen molar-refractivity contribution in [2.75, 3.05) is 6.61 Å². The molecule has 0 aromatic heterocycles. The van der Waals surface area contributed by atoms with Crippen molar-refractivity contribution in [1.82, 2.24) is 5.32 Å². The Labute approximate surface area is 145 Å². The van der Waals surface area contributed by atoms with Crippen molar-refractivity contribution in [3.05, 3.63) is 26.6 Å². The maximum absolute atomic E-state index is 5.64. The molecule has 2 unspecified atom stereocenters. The molecule has 1 N–H and O–H groups in total. The van der Waals surface area contributed by atoms with Gasteiger partial charge in [0.05, 0.1) is 15.6 Å². The van der Waals surface area contributed by atoms with Gasteiger partial charge in [-0.2, -0.15) is 0 Å². The first kappa shape index (κ1) is 17.3. The van der Waals surface area contributed by atoms with Gasteiger partial charge in [-0.3, -0.25) is 0 Å². The molecule has 2 nitrogen and oxygen atoms in total. The van der Waals surface area contributed by atoms with Gasteiger partial charge in [0, 0.05) is 12.6 Å². The predicted molar refractivity (Wildman–Crippen MR) is 95.9 cm³/mol. The Morgan fingerprint density at radius 2 is 1.81 bits per heavy atom. The van der Waals surface area contributed by atoms with Crippen LogP contribution in [-0.4, -0.2) is 12.6 Å². The van der Waals surface area contributed by atoms with E-state index in [0.29, 0.717) is 12.6 Å². The lowest BCUT2D eigenvalue weighted by molar-refractivity contribution is 0.254. The Morgan fingerprint density at radius 1 is 1.14 bits per heavy atom. The molecule has 118 valence electrons. The largest absolute Gasteiger partial charge is 0.492 e. The first-order valence-electron chi connectivity index (χ1n) is 7.99. The third-order valence-corrected chi connectivity index (χ3v) is 5.53. The number of halogens is 2. The second-order valence-electron chi connectivity index (χ2n) is 5.76. The summed E-state index contributed by atoms with van der Waals surface area (Å²) >= 11 is 7.22. The summed E-state index contributed by atoms with van der Waals surface area (Å²) in [6.07, 6.45) is 6.75. The fraction of sp³-hybridized carbons (Fsp3) is 0.647. The number of hydrogen-bond donors (Lipinski definition) is 1. The Kier molecular flexibility index (Phi) is 7.03. The van der Waals surface area contributed by atoms with Crippen LogP contribution >= 0.6 is 31.9 Å². The maximum atomic E-state index is 5.64. The number of nitrogens with one attached hydrogen (secondary N) is 1. The maximum Gasteiger partial charge on any atom is 0.147 e. The predicted octanol–water partition coefficient (Wildman–Crippen LogP) is 5.67. The van der Waals surface area contributed by atoms with Gasteiger partial charge in [0.15, 0.2) is 0 Å². The normalized spacial score (nSPS) is 22.3. The molecule has 0 bridgehead atoms. The number of rotatable bonds is 6. The third kappa shape index (κ3) is 4.70. The van der Waals surface area contributed by atoms with Crippen LogP contribution in [0.5, 0.6) is 5.75 Å². The minimum absolute atomic E-state index is 0.674. The Bertz CT molecular complexity index is 441. The van der Waals surface area contributed by atoms with Gasteiger partial charge in [-0.1, -0.05) is 26.2 Å². The zero-order valence-corrected chi connectivity index (χ0v) is 16.1. The molecule has 21 heavy (non-hydrogen) atoms. The van der Waals surface area contributed by atoms with Crippen LogP contribution in [0.1, 0.15) is 51.5 Å². The van der Waals surface area contributed by atoms with Crippen LogP contribution in [0, 0.1) is 5.92 Å². The Balaban J connectivity index is 1.99. The molecular weight excluding hydrogens is 394 g/mol. The second-order valence-corrected chi connectivity index (χ2v) is 7.47. The highest BCUT2D eigenvalue weighted by Gasteiger charge is 2.23. The first-order valence-corrected chi connectivity index (χ1v) is 9.58. The molecule has 0 amide bonds. The molecule has 1 aromatic rings. The second kappa shape index (κ2) is 8.54. The standard InChI is InChI=1S/C17H25Br2NO/c1-3-13-7-5-6-8-16(13)20-11-12-9-14(18)17(21-4-2)15(19)10-12/h9-10,13,16,20H,3-8,11H2,1-2H3. The van der Waals surface area contributed by atoms with E-state index in [2.05, 4.69) is 56.2 Å². The number of benzene rings is 1. The SMILES string of the molecule is CCOc1c(Br)cc(CNC2CCCCC2CC)cc1Br.